The zero-order chi connectivity index (χ0) is 24.7. The molecular weight excluding hydrogens is 515 g/mol. The molecule has 0 spiro atoms. The van der Waals surface area contributed by atoms with E-state index in [4.69, 9.17) is 4.74 Å². The SMILES string of the molecule is CC(C)(C)OC(=O)N1CCCC(Nc2ncc(C(F)(F)F)c(-c3c[nH]c4c(Br)cccc34)n2)C1. The first-order chi connectivity index (χ1) is 15.9. The largest absolute Gasteiger partial charge is 0.444 e. The third-order valence-corrected chi connectivity index (χ3v) is 6.08. The van der Waals surface area contributed by atoms with Crippen LogP contribution in [0.3, 0.4) is 0 Å². The molecular formula is C23H25BrF3N5O2. The molecule has 0 radical (unpaired) electrons. The van der Waals surface area contributed by atoms with Gasteiger partial charge in [-0.2, -0.15) is 13.2 Å². The summed E-state index contributed by atoms with van der Waals surface area (Å²) in [5.41, 5.74) is -0.740. The first kappa shape index (κ1) is 24.3. The van der Waals surface area contributed by atoms with Crippen LogP contribution in [0.15, 0.2) is 35.1 Å². The van der Waals surface area contributed by atoms with Gasteiger partial charge in [-0.15, -0.1) is 0 Å². The lowest BCUT2D eigenvalue weighted by Gasteiger charge is -2.34. The Balaban J connectivity index is 1.63. The second kappa shape index (κ2) is 9.09. The fraction of sp³-hybridized carbons (Fsp3) is 0.435. The number of para-hydroxylation sites is 1. The van der Waals surface area contributed by atoms with Gasteiger partial charge in [0.1, 0.15) is 11.2 Å². The smallest absolute Gasteiger partial charge is 0.419 e. The Morgan fingerprint density at radius 1 is 1.29 bits per heavy atom. The zero-order valence-electron chi connectivity index (χ0n) is 19.0. The molecule has 1 atom stereocenters. The van der Waals surface area contributed by atoms with E-state index in [1.165, 1.54) is 6.20 Å². The number of nitrogens with zero attached hydrogens (tertiary/aromatic N) is 3. The Hall–Kier alpha value is -2.82. The minimum atomic E-state index is -4.62. The van der Waals surface area contributed by atoms with Crippen molar-refractivity contribution in [2.45, 2.75) is 51.4 Å². The van der Waals surface area contributed by atoms with Crippen molar-refractivity contribution in [3.8, 4) is 11.3 Å². The van der Waals surface area contributed by atoms with Crippen molar-refractivity contribution in [3.05, 3.63) is 40.6 Å². The van der Waals surface area contributed by atoms with Crippen molar-refractivity contribution in [1.82, 2.24) is 19.9 Å². The van der Waals surface area contributed by atoms with E-state index in [9.17, 15) is 18.0 Å². The average molecular weight is 540 g/mol. The monoisotopic (exact) mass is 539 g/mol. The first-order valence-corrected chi connectivity index (χ1v) is 11.7. The van der Waals surface area contributed by atoms with E-state index in [0.29, 0.717) is 29.6 Å². The lowest BCUT2D eigenvalue weighted by atomic mass is 10.1. The van der Waals surface area contributed by atoms with Crippen molar-refractivity contribution < 1.29 is 22.7 Å². The maximum atomic E-state index is 13.8. The number of nitrogens with one attached hydrogen (secondary N) is 2. The number of H-pyrrole nitrogens is 1. The van der Waals surface area contributed by atoms with E-state index in [1.807, 2.05) is 0 Å². The number of rotatable bonds is 3. The number of carbonyl (C=O) groups excluding carboxylic acids is 1. The second-order valence-corrected chi connectivity index (χ2v) is 10.1. The molecule has 7 nitrogen and oxygen atoms in total. The molecule has 1 saturated heterocycles. The molecule has 11 heteroatoms. The molecule has 2 aromatic heterocycles. The minimum Gasteiger partial charge on any atom is -0.444 e. The molecule has 1 fully saturated rings. The number of fused-ring (bicyclic) bond motifs is 1. The standard InChI is InChI=1S/C23H25BrF3N5O2/c1-22(2,3)34-21(33)32-9-5-6-13(12-32)30-20-29-11-16(23(25,26)27)18(31-20)15-10-28-19-14(15)7-4-8-17(19)24/h4,7-8,10-11,13,28H,5-6,9,12H2,1-3H3,(H,29,30,31). The van der Waals surface area contributed by atoms with Gasteiger partial charge in [0, 0.05) is 46.9 Å². The van der Waals surface area contributed by atoms with Gasteiger partial charge >= 0.3 is 12.3 Å². The highest BCUT2D eigenvalue weighted by Crippen LogP contribution is 2.39. The number of carbonyl (C=O) groups is 1. The third-order valence-electron chi connectivity index (χ3n) is 5.42. The maximum absolute atomic E-state index is 13.8. The van der Waals surface area contributed by atoms with Crippen LogP contribution < -0.4 is 5.32 Å². The quantitative estimate of drug-likeness (QED) is 0.413. The number of alkyl halides is 3. The molecule has 1 aliphatic heterocycles. The van der Waals surface area contributed by atoms with Crippen LogP contribution in [0.1, 0.15) is 39.2 Å². The van der Waals surface area contributed by atoms with Crippen LogP contribution in [0, 0.1) is 0 Å². The summed E-state index contributed by atoms with van der Waals surface area (Å²) in [5.74, 6) is 0.0726. The molecule has 182 valence electrons. The van der Waals surface area contributed by atoms with E-state index in [2.05, 4.69) is 36.2 Å². The topological polar surface area (TPSA) is 83.1 Å². The third kappa shape index (κ3) is 5.29. The molecule has 0 aliphatic carbocycles. The Bertz CT molecular complexity index is 1210. The highest BCUT2D eigenvalue weighted by molar-refractivity contribution is 9.10. The Labute approximate surface area is 203 Å². The summed E-state index contributed by atoms with van der Waals surface area (Å²) < 4.78 is 47.6. The van der Waals surface area contributed by atoms with Gasteiger partial charge in [0.25, 0.3) is 0 Å². The summed E-state index contributed by atoms with van der Waals surface area (Å²) in [6.45, 7) is 6.29. The fourth-order valence-corrected chi connectivity index (χ4v) is 4.43. The number of amides is 1. The second-order valence-electron chi connectivity index (χ2n) is 9.23. The molecule has 3 aromatic rings. The normalized spacial score (nSPS) is 17.1. The lowest BCUT2D eigenvalue weighted by Crippen LogP contribution is -2.47. The summed E-state index contributed by atoms with van der Waals surface area (Å²) in [6, 6.07) is 5.08. The van der Waals surface area contributed by atoms with Crippen LogP contribution in [-0.4, -0.2) is 50.7 Å². The van der Waals surface area contributed by atoms with E-state index < -0.39 is 23.4 Å². The lowest BCUT2D eigenvalue weighted by molar-refractivity contribution is -0.137. The van der Waals surface area contributed by atoms with Crippen LogP contribution in [0.25, 0.3) is 22.2 Å². The average Bonchev–Trinajstić information content (AvgIpc) is 3.17. The van der Waals surface area contributed by atoms with Crippen LogP contribution in [0.5, 0.6) is 0 Å². The van der Waals surface area contributed by atoms with Gasteiger partial charge in [-0.05, 0) is 55.6 Å². The Morgan fingerprint density at radius 2 is 2.06 bits per heavy atom. The van der Waals surface area contributed by atoms with Crippen molar-refractivity contribution in [3.63, 3.8) is 0 Å². The van der Waals surface area contributed by atoms with Crippen molar-refractivity contribution >= 4 is 38.9 Å². The van der Waals surface area contributed by atoms with Gasteiger partial charge in [0.05, 0.1) is 11.2 Å². The van der Waals surface area contributed by atoms with Gasteiger partial charge in [-0.3, -0.25) is 0 Å². The number of aromatic amines is 1. The molecule has 0 bridgehead atoms. The number of aromatic nitrogens is 3. The van der Waals surface area contributed by atoms with Crippen molar-refractivity contribution in [1.29, 1.82) is 0 Å². The number of halogens is 4. The van der Waals surface area contributed by atoms with Gasteiger partial charge < -0.3 is 19.9 Å². The molecule has 3 heterocycles. The van der Waals surface area contributed by atoms with E-state index in [-0.39, 0.29) is 17.7 Å². The molecule has 1 aromatic carbocycles. The van der Waals surface area contributed by atoms with E-state index >= 15 is 0 Å². The Kier molecular flexibility index (Phi) is 6.50. The number of benzene rings is 1. The summed E-state index contributed by atoms with van der Waals surface area (Å²) in [5, 5.41) is 3.72. The number of hydrogen-bond acceptors (Lipinski definition) is 5. The van der Waals surface area contributed by atoms with Gasteiger partial charge in [-0.1, -0.05) is 12.1 Å². The summed E-state index contributed by atoms with van der Waals surface area (Å²) >= 11 is 3.42. The van der Waals surface area contributed by atoms with E-state index in [1.54, 1.807) is 43.9 Å². The maximum Gasteiger partial charge on any atom is 0.419 e. The molecule has 34 heavy (non-hydrogen) atoms. The van der Waals surface area contributed by atoms with Crippen molar-refractivity contribution in [2.24, 2.45) is 0 Å². The summed E-state index contributed by atoms with van der Waals surface area (Å²) in [6.07, 6.45) is -1.28. The zero-order valence-corrected chi connectivity index (χ0v) is 20.5. The van der Waals surface area contributed by atoms with Crippen LogP contribution >= 0.6 is 15.9 Å². The Morgan fingerprint density at radius 3 is 2.76 bits per heavy atom. The number of anilines is 1. The van der Waals surface area contributed by atoms with Gasteiger partial charge in [0.15, 0.2) is 0 Å². The number of piperidine rings is 1. The van der Waals surface area contributed by atoms with Crippen LogP contribution in [0.4, 0.5) is 23.9 Å². The summed E-state index contributed by atoms with van der Waals surface area (Å²) in [4.78, 5) is 25.3. The molecule has 1 aliphatic rings. The van der Waals surface area contributed by atoms with Gasteiger partial charge in [-0.25, -0.2) is 14.8 Å². The molecule has 0 saturated carbocycles. The first-order valence-electron chi connectivity index (χ1n) is 10.9. The fourth-order valence-electron chi connectivity index (χ4n) is 3.95. The molecule has 1 unspecified atom stereocenters. The minimum absolute atomic E-state index is 0.0726. The predicted octanol–water partition coefficient (Wildman–Crippen LogP) is 6.22. The molecule has 4 rings (SSSR count). The molecule has 2 N–H and O–H groups in total. The van der Waals surface area contributed by atoms with Crippen molar-refractivity contribution in [2.75, 3.05) is 18.4 Å². The highest BCUT2D eigenvalue weighted by Gasteiger charge is 2.36. The van der Waals surface area contributed by atoms with Gasteiger partial charge in [0.2, 0.25) is 5.95 Å². The highest BCUT2D eigenvalue weighted by atomic mass is 79.9. The number of likely N-dealkylation sites (tertiary alicyclic amines) is 1. The predicted molar refractivity (Wildman–Crippen MR) is 126 cm³/mol. The van der Waals surface area contributed by atoms with Crippen LogP contribution in [0.2, 0.25) is 0 Å². The number of hydrogen-bond donors (Lipinski definition) is 2. The van der Waals surface area contributed by atoms with E-state index in [0.717, 1.165) is 23.5 Å². The molecule has 1 amide bonds. The number of ether oxygens (including phenoxy) is 1. The van der Waals surface area contributed by atoms with Crippen LogP contribution in [-0.2, 0) is 10.9 Å². The summed E-state index contributed by atoms with van der Waals surface area (Å²) in [7, 11) is 0.